The van der Waals surface area contributed by atoms with Crippen LogP contribution in [0.15, 0.2) is 72.9 Å². The number of anilines is 2. The average Bonchev–Trinajstić information content (AvgIpc) is 2.84. The molecule has 0 bridgehead atoms. The lowest BCUT2D eigenvalue weighted by Crippen LogP contribution is -2.49. The van der Waals surface area contributed by atoms with Crippen molar-refractivity contribution in [3.05, 3.63) is 89.6 Å². The highest BCUT2D eigenvalue weighted by atomic mass is 19.4. The molecule has 4 rings (SSSR count). The minimum absolute atomic E-state index is 0.0135. The van der Waals surface area contributed by atoms with E-state index < -0.39 is 23.2 Å². The molecule has 0 saturated carbocycles. The number of nitrogens with zero attached hydrogens (tertiary/aromatic N) is 3. The second kappa shape index (κ2) is 9.32. The van der Waals surface area contributed by atoms with Crippen molar-refractivity contribution in [3.63, 3.8) is 0 Å². The summed E-state index contributed by atoms with van der Waals surface area (Å²) < 4.78 is 39.5. The van der Waals surface area contributed by atoms with Crippen LogP contribution < -0.4 is 10.2 Å². The maximum Gasteiger partial charge on any atom is 0.417 e. The smallest absolute Gasteiger partial charge is 0.353 e. The Morgan fingerprint density at radius 1 is 0.848 bits per heavy atom. The fraction of sp³-hybridized carbons (Fsp3) is 0.208. The summed E-state index contributed by atoms with van der Waals surface area (Å²) in [7, 11) is 0. The maximum atomic E-state index is 13.2. The molecule has 6 nitrogen and oxygen atoms in total. The van der Waals surface area contributed by atoms with Gasteiger partial charge in [0.15, 0.2) is 0 Å². The Balaban J connectivity index is 1.37. The Bertz CT molecular complexity index is 1130. The van der Waals surface area contributed by atoms with Gasteiger partial charge in [-0.05, 0) is 36.4 Å². The van der Waals surface area contributed by atoms with Gasteiger partial charge in [-0.2, -0.15) is 13.2 Å². The summed E-state index contributed by atoms with van der Waals surface area (Å²) >= 11 is 0. The number of carbonyl (C=O) groups is 2. The number of benzene rings is 2. The van der Waals surface area contributed by atoms with Gasteiger partial charge in [-0.15, -0.1) is 0 Å². The molecule has 2 heterocycles. The minimum atomic E-state index is -4.62. The molecule has 1 fully saturated rings. The first kappa shape index (κ1) is 22.3. The third-order valence-corrected chi connectivity index (χ3v) is 5.39. The summed E-state index contributed by atoms with van der Waals surface area (Å²) in [5.41, 5.74) is -0.502. The van der Waals surface area contributed by atoms with Crippen LogP contribution in [0.3, 0.4) is 0 Å². The van der Waals surface area contributed by atoms with Crippen LogP contribution in [0.1, 0.15) is 26.3 Å². The normalized spacial score (nSPS) is 14.2. The highest BCUT2D eigenvalue weighted by molar-refractivity contribution is 6.05. The number of alkyl halides is 3. The average molecular weight is 454 g/mol. The van der Waals surface area contributed by atoms with Crippen LogP contribution >= 0.6 is 0 Å². The van der Waals surface area contributed by atoms with E-state index >= 15 is 0 Å². The van der Waals surface area contributed by atoms with Crippen molar-refractivity contribution in [2.24, 2.45) is 0 Å². The van der Waals surface area contributed by atoms with E-state index in [1.54, 1.807) is 29.2 Å². The molecule has 2 aromatic carbocycles. The highest BCUT2D eigenvalue weighted by Crippen LogP contribution is 2.32. The Labute approximate surface area is 188 Å². The molecule has 9 heteroatoms. The lowest BCUT2D eigenvalue weighted by molar-refractivity contribution is -0.137. The molecule has 3 aromatic rings. The van der Waals surface area contributed by atoms with Crippen LogP contribution in [-0.2, 0) is 6.18 Å². The first-order valence-corrected chi connectivity index (χ1v) is 10.4. The fourth-order valence-electron chi connectivity index (χ4n) is 3.68. The van der Waals surface area contributed by atoms with Crippen molar-refractivity contribution in [1.82, 2.24) is 9.88 Å². The van der Waals surface area contributed by atoms with Crippen molar-refractivity contribution in [3.8, 4) is 0 Å². The van der Waals surface area contributed by atoms with Gasteiger partial charge in [0, 0.05) is 31.7 Å². The number of aromatic nitrogens is 1. The first-order chi connectivity index (χ1) is 15.8. The first-order valence-electron chi connectivity index (χ1n) is 10.4. The van der Waals surface area contributed by atoms with Crippen LogP contribution in [0.4, 0.5) is 24.7 Å². The van der Waals surface area contributed by atoms with E-state index in [2.05, 4.69) is 10.3 Å². The number of rotatable bonds is 4. The van der Waals surface area contributed by atoms with Crippen LogP contribution in [0.2, 0.25) is 0 Å². The molecule has 1 saturated heterocycles. The zero-order chi connectivity index (χ0) is 23.4. The van der Waals surface area contributed by atoms with E-state index in [1.165, 1.54) is 18.3 Å². The third kappa shape index (κ3) is 5.14. The predicted octanol–water partition coefficient (Wildman–Crippen LogP) is 4.32. The Morgan fingerprint density at radius 2 is 1.52 bits per heavy atom. The van der Waals surface area contributed by atoms with E-state index in [0.29, 0.717) is 43.2 Å². The van der Waals surface area contributed by atoms with E-state index in [1.807, 2.05) is 23.1 Å². The number of hydrogen-bond donors (Lipinski definition) is 1. The Hall–Kier alpha value is -3.88. The van der Waals surface area contributed by atoms with Crippen LogP contribution in [0.5, 0.6) is 0 Å². The molecular weight excluding hydrogens is 433 g/mol. The number of amides is 2. The number of hydrogen-bond acceptors (Lipinski definition) is 4. The van der Waals surface area contributed by atoms with E-state index in [4.69, 9.17) is 0 Å². The second-order valence-electron chi connectivity index (χ2n) is 7.55. The summed E-state index contributed by atoms with van der Waals surface area (Å²) in [6.07, 6.45) is -3.22. The maximum absolute atomic E-state index is 13.2. The summed E-state index contributed by atoms with van der Waals surface area (Å²) in [4.78, 5) is 33.1. The van der Waals surface area contributed by atoms with Gasteiger partial charge in [0.05, 0.1) is 23.0 Å². The molecule has 0 spiro atoms. The van der Waals surface area contributed by atoms with Gasteiger partial charge in [-0.1, -0.05) is 30.3 Å². The van der Waals surface area contributed by atoms with Gasteiger partial charge in [-0.3, -0.25) is 9.59 Å². The molecule has 1 aliphatic heterocycles. The zero-order valence-electron chi connectivity index (χ0n) is 17.5. The predicted molar refractivity (Wildman–Crippen MR) is 118 cm³/mol. The SMILES string of the molecule is O=C(Nc1ccc(N2CCN(C(=O)c3ccccc3)CC2)nc1)c1ccccc1C(F)(F)F. The number of carbonyl (C=O) groups excluding carboxylic acids is 2. The monoisotopic (exact) mass is 454 g/mol. The fourth-order valence-corrected chi connectivity index (χ4v) is 3.68. The molecule has 1 N–H and O–H groups in total. The van der Waals surface area contributed by atoms with Gasteiger partial charge in [0.25, 0.3) is 11.8 Å². The van der Waals surface area contributed by atoms with E-state index in [9.17, 15) is 22.8 Å². The molecular formula is C24H21F3N4O2. The Kier molecular flexibility index (Phi) is 6.30. The van der Waals surface area contributed by atoms with Crippen molar-refractivity contribution in [2.75, 3.05) is 36.4 Å². The molecule has 1 aliphatic rings. The molecule has 0 atom stereocenters. The van der Waals surface area contributed by atoms with Crippen molar-refractivity contribution >= 4 is 23.3 Å². The molecule has 0 unspecified atom stereocenters. The zero-order valence-corrected chi connectivity index (χ0v) is 17.5. The van der Waals surface area contributed by atoms with Gasteiger partial charge >= 0.3 is 6.18 Å². The quantitative estimate of drug-likeness (QED) is 0.638. The van der Waals surface area contributed by atoms with Crippen molar-refractivity contribution in [1.29, 1.82) is 0 Å². The Morgan fingerprint density at radius 3 is 2.15 bits per heavy atom. The topological polar surface area (TPSA) is 65.5 Å². The van der Waals surface area contributed by atoms with Gasteiger partial charge in [-0.25, -0.2) is 4.98 Å². The molecule has 2 amide bonds. The standard InChI is InChI=1S/C24H21F3N4O2/c25-24(26,27)20-9-5-4-8-19(20)22(32)29-18-10-11-21(28-16-18)30-12-14-31(15-13-30)23(33)17-6-2-1-3-7-17/h1-11,16H,12-15H2,(H,29,32). The number of halogens is 3. The summed E-state index contributed by atoms with van der Waals surface area (Å²) in [6.45, 7) is 2.27. The lowest BCUT2D eigenvalue weighted by Gasteiger charge is -2.35. The minimum Gasteiger partial charge on any atom is -0.353 e. The summed E-state index contributed by atoms with van der Waals surface area (Å²) in [5.74, 6) is -0.207. The number of nitrogens with one attached hydrogen (secondary N) is 1. The van der Waals surface area contributed by atoms with E-state index in [0.717, 1.165) is 12.1 Å². The van der Waals surface area contributed by atoms with Crippen LogP contribution in [-0.4, -0.2) is 47.9 Å². The van der Waals surface area contributed by atoms with Gasteiger partial charge < -0.3 is 15.1 Å². The van der Waals surface area contributed by atoms with Gasteiger partial charge in [0.1, 0.15) is 5.82 Å². The summed E-state index contributed by atoms with van der Waals surface area (Å²) in [6, 6.07) is 17.0. The molecule has 170 valence electrons. The van der Waals surface area contributed by atoms with Crippen molar-refractivity contribution < 1.29 is 22.8 Å². The molecule has 0 radical (unpaired) electrons. The lowest BCUT2D eigenvalue weighted by atomic mass is 10.1. The van der Waals surface area contributed by atoms with Gasteiger partial charge in [0.2, 0.25) is 0 Å². The largest absolute Gasteiger partial charge is 0.417 e. The second-order valence-corrected chi connectivity index (χ2v) is 7.55. The van der Waals surface area contributed by atoms with Crippen LogP contribution in [0.25, 0.3) is 0 Å². The van der Waals surface area contributed by atoms with E-state index in [-0.39, 0.29) is 5.91 Å². The molecule has 1 aromatic heterocycles. The molecule has 0 aliphatic carbocycles. The van der Waals surface area contributed by atoms with Crippen LogP contribution in [0, 0.1) is 0 Å². The third-order valence-electron chi connectivity index (χ3n) is 5.39. The summed E-state index contributed by atoms with van der Waals surface area (Å²) in [5, 5.41) is 2.47. The number of pyridine rings is 1. The molecule has 33 heavy (non-hydrogen) atoms. The van der Waals surface area contributed by atoms with Crippen molar-refractivity contribution in [2.45, 2.75) is 6.18 Å². The highest BCUT2D eigenvalue weighted by Gasteiger charge is 2.34. The number of piperazine rings is 1.